The molecule has 0 atom stereocenters. The molecule has 2 N–H and O–H groups in total. The molecule has 5 nitrogen and oxygen atoms in total. The first kappa shape index (κ1) is 17.5. The fraction of sp³-hybridized carbons (Fsp3) is 0.692. The molecule has 0 spiro atoms. The summed E-state index contributed by atoms with van der Waals surface area (Å²) in [4.78, 5) is 8.55. The van der Waals surface area contributed by atoms with Crippen molar-refractivity contribution in [2.75, 3.05) is 36.9 Å². The Hall–Kier alpha value is -1.57. The topological polar surface area (TPSA) is 59.1 Å². The van der Waals surface area contributed by atoms with Crippen LogP contribution in [0.15, 0.2) is 0 Å². The highest BCUT2D eigenvalue weighted by molar-refractivity contribution is 5.57. The minimum atomic E-state index is -4.29. The molecule has 0 amide bonds. The molecule has 0 fully saturated rings. The van der Waals surface area contributed by atoms with Gasteiger partial charge in [-0.25, -0.2) is 9.97 Å². The molecular weight excluding hydrogens is 285 g/mol. The Bertz CT molecular complexity index is 452. The van der Waals surface area contributed by atoms with E-state index in [0.29, 0.717) is 11.6 Å². The van der Waals surface area contributed by atoms with E-state index in [1.165, 1.54) is 0 Å². The summed E-state index contributed by atoms with van der Waals surface area (Å²) in [5, 5.41) is 6.17. The summed E-state index contributed by atoms with van der Waals surface area (Å²) in [6, 6.07) is 0. The maximum absolute atomic E-state index is 11.9. The molecule has 0 aliphatic heterocycles. The molecule has 1 aromatic rings. The van der Waals surface area contributed by atoms with E-state index in [1.54, 1.807) is 6.92 Å². The minimum Gasteiger partial charge on any atom is -0.370 e. The van der Waals surface area contributed by atoms with Crippen molar-refractivity contribution in [3.63, 3.8) is 0 Å². The van der Waals surface area contributed by atoms with E-state index in [2.05, 4.69) is 25.3 Å². The van der Waals surface area contributed by atoms with E-state index >= 15 is 0 Å². The van der Waals surface area contributed by atoms with Crippen LogP contribution in [0, 0.1) is 13.8 Å². The monoisotopic (exact) mass is 306 g/mol. The zero-order valence-corrected chi connectivity index (χ0v) is 12.5. The molecule has 21 heavy (non-hydrogen) atoms. The van der Waals surface area contributed by atoms with Crippen molar-refractivity contribution in [3.05, 3.63) is 11.4 Å². The lowest BCUT2D eigenvalue weighted by atomic mass is 10.3. The van der Waals surface area contributed by atoms with Gasteiger partial charge in [-0.2, -0.15) is 13.2 Å². The van der Waals surface area contributed by atoms with Crippen molar-refractivity contribution >= 4 is 11.6 Å². The lowest BCUT2D eigenvalue weighted by molar-refractivity contribution is -0.172. The number of alkyl halides is 3. The van der Waals surface area contributed by atoms with Gasteiger partial charge in [-0.1, -0.05) is 6.92 Å². The van der Waals surface area contributed by atoms with Gasteiger partial charge in [0.2, 0.25) is 0 Å². The molecule has 0 saturated carbocycles. The standard InChI is InChI=1S/C13H21F3N4O/c1-4-5-17-11-9(2)12(20-10(3)19-11)18-6-7-21-8-13(14,15)16/h4-8H2,1-3H3,(H2,17,18,19,20). The number of aromatic nitrogens is 2. The Kier molecular flexibility index (Phi) is 6.67. The third-order valence-corrected chi connectivity index (χ3v) is 2.60. The van der Waals surface area contributed by atoms with E-state index in [0.717, 1.165) is 24.3 Å². The minimum absolute atomic E-state index is 0.0419. The molecule has 0 aliphatic rings. The normalized spacial score (nSPS) is 11.5. The quantitative estimate of drug-likeness (QED) is 0.723. The Balaban J connectivity index is 2.52. The molecule has 1 rings (SSSR count). The van der Waals surface area contributed by atoms with Crippen LogP contribution in [0.2, 0.25) is 0 Å². The molecule has 0 saturated heterocycles. The van der Waals surface area contributed by atoms with Gasteiger partial charge in [0.1, 0.15) is 24.1 Å². The molecule has 0 bridgehead atoms. The van der Waals surface area contributed by atoms with Crippen molar-refractivity contribution in [1.29, 1.82) is 0 Å². The van der Waals surface area contributed by atoms with E-state index in [4.69, 9.17) is 0 Å². The van der Waals surface area contributed by atoms with Gasteiger partial charge in [0.05, 0.1) is 6.61 Å². The highest BCUT2D eigenvalue weighted by Gasteiger charge is 2.27. The predicted octanol–water partition coefficient (Wildman–Crippen LogP) is 2.91. The number of aryl methyl sites for hydroxylation is 1. The maximum Gasteiger partial charge on any atom is 0.411 e. The van der Waals surface area contributed by atoms with Crippen LogP contribution in [0.5, 0.6) is 0 Å². The van der Waals surface area contributed by atoms with E-state index in [-0.39, 0.29) is 13.2 Å². The lowest BCUT2D eigenvalue weighted by Gasteiger charge is -2.14. The van der Waals surface area contributed by atoms with Gasteiger partial charge in [0.15, 0.2) is 0 Å². The predicted molar refractivity (Wildman–Crippen MR) is 75.7 cm³/mol. The number of hydrogen-bond donors (Lipinski definition) is 2. The van der Waals surface area contributed by atoms with Gasteiger partial charge >= 0.3 is 6.18 Å². The smallest absolute Gasteiger partial charge is 0.370 e. The van der Waals surface area contributed by atoms with Crippen LogP contribution in [0.1, 0.15) is 24.7 Å². The van der Waals surface area contributed by atoms with Gasteiger partial charge in [-0.15, -0.1) is 0 Å². The van der Waals surface area contributed by atoms with E-state index in [1.807, 2.05) is 13.8 Å². The average molecular weight is 306 g/mol. The number of hydrogen-bond acceptors (Lipinski definition) is 5. The third kappa shape index (κ3) is 6.61. The van der Waals surface area contributed by atoms with Crippen LogP contribution in [-0.2, 0) is 4.74 Å². The SMILES string of the molecule is CCCNc1nc(C)nc(NCCOCC(F)(F)F)c1C. The number of halogens is 3. The summed E-state index contributed by atoms with van der Waals surface area (Å²) in [6.07, 6.45) is -3.32. The molecular formula is C13H21F3N4O. The zero-order valence-electron chi connectivity index (χ0n) is 12.5. The Morgan fingerprint density at radius 1 is 1.05 bits per heavy atom. The van der Waals surface area contributed by atoms with Gasteiger partial charge in [0.25, 0.3) is 0 Å². The van der Waals surface area contributed by atoms with Gasteiger partial charge in [0, 0.05) is 18.7 Å². The van der Waals surface area contributed by atoms with Gasteiger partial charge in [-0.05, 0) is 20.3 Å². The first-order chi connectivity index (χ1) is 9.83. The summed E-state index contributed by atoms with van der Waals surface area (Å²) >= 11 is 0. The second-order valence-electron chi connectivity index (χ2n) is 4.61. The number of rotatable bonds is 8. The van der Waals surface area contributed by atoms with Crippen LogP contribution in [-0.4, -0.2) is 42.4 Å². The molecule has 8 heteroatoms. The maximum atomic E-state index is 11.9. The molecule has 0 radical (unpaired) electrons. The first-order valence-electron chi connectivity index (χ1n) is 6.81. The van der Waals surface area contributed by atoms with Crippen LogP contribution in [0.4, 0.5) is 24.8 Å². The zero-order chi connectivity index (χ0) is 15.9. The third-order valence-electron chi connectivity index (χ3n) is 2.60. The molecule has 120 valence electrons. The molecule has 1 aromatic heterocycles. The Labute approximate surface area is 122 Å². The highest BCUT2D eigenvalue weighted by Crippen LogP contribution is 2.19. The van der Waals surface area contributed by atoms with Crippen LogP contribution >= 0.6 is 0 Å². The van der Waals surface area contributed by atoms with Crippen LogP contribution in [0.3, 0.4) is 0 Å². The number of nitrogens with one attached hydrogen (secondary N) is 2. The van der Waals surface area contributed by atoms with Crippen molar-refractivity contribution in [3.8, 4) is 0 Å². The molecule has 0 unspecified atom stereocenters. The fourth-order valence-corrected chi connectivity index (χ4v) is 1.65. The lowest BCUT2D eigenvalue weighted by Crippen LogP contribution is -2.20. The largest absolute Gasteiger partial charge is 0.411 e. The fourth-order valence-electron chi connectivity index (χ4n) is 1.65. The number of anilines is 2. The number of ether oxygens (including phenoxy) is 1. The Morgan fingerprint density at radius 3 is 2.14 bits per heavy atom. The second kappa shape index (κ2) is 8.02. The summed E-state index contributed by atoms with van der Waals surface area (Å²) < 4.78 is 40.3. The highest BCUT2D eigenvalue weighted by atomic mass is 19.4. The van der Waals surface area contributed by atoms with Crippen molar-refractivity contribution in [2.24, 2.45) is 0 Å². The van der Waals surface area contributed by atoms with Crippen molar-refractivity contribution in [2.45, 2.75) is 33.4 Å². The van der Waals surface area contributed by atoms with Crippen LogP contribution < -0.4 is 10.6 Å². The van der Waals surface area contributed by atoms with Crippen molar-refractivity contribution < 1.29 is 17.9 Å². The summed E-state index contributed by atoms with van der Waals surface area (Å²) in [7, 11) is 0. The second-order valence-corrected chi connectivity index (χ2v) is 4.61. The van der Waals surface area contributed by atoms with E-state index < -0.39 is 12.8 Å². The number of nitrogens with zero attached hydrogens (tertiary/aromatic N) is 2. The molecule has 1 heterocycles. The summed E-state index contributed by atoms with van der Waals surface area (Å²) in [6.45, 7) is 5.44. The van der Waals surface area contributed by atoms with Crippen LogP contribution in [0.25, 0.3) is 0 Å². The summed E-state index contributed by atoms with van der Waals surface area (Å²) in [5.41, 5.74) is 0.838. The van der Waals surface area contributed by atoms with Crippen molar-refractivity contribution in [1.82, 2.24) is 9.97 Å². The first-order valence-corrected chi connectivity index (χ1v) is 6.81. The molecule has 0 aliphatic carbocycles. The average Bonchev–Trinajstić information content (AvgIpc) is 2.38. The van der Waals surface area contributed by atoms with Gasteiger partial charge < -0.3 is 15.4 Å². The molecule has 0 aromatic carbocycles. The van der Waals surface area contributed by atoms with Gasteiger partial charge in [-0.3, -0.25) is 0 Å². The van der Waals surface area contributed by atoms with E-state index in [9.17, 15) is 13.2 Å². The summed E-state index contributed by atoms with van der Waals surface area (Å²) in [5.74, 6) is 1.94. The Morgan fingerprint density at radius 2 is 1.62 bits per heavy atom.